The van der Waals surface area contributed by atoms with Crippen LogP contribution in [0.5, 0.6) is 0 Å². The number of nitrogen functional groups attached to an aromatic ring is 1. The number of rotatable bonds is 2. The fourth-order valence-corrected chi connectivity index (χ4v) is 3.51. The molecule has 1 aliphatic carbocycles. The predicted molar refractivity (Wildman–Crippen MR) is 90.7 cm³/mol. The molecule has 0 spiro atoms. The van der Waals surface area contributed by atoms with Crippen molar-refractivity contribution < 1.29 is 0 Å². The second-order valence-electron chi connectivity index (χ2n) is 6.15. The molecule has 1 fully saturated rings. The van der Waals surface area contributed by atoms with Crippen molar-refractivity contribution in [2.75, 3.05) is 5.73 Å². The summed E-state index contributed by atoms with van der Waals surface area (Å²) in [6.07, 6.45) is 9.62. The molecule has 0 saturated heterocycles. The summed E-state index contributed by atoms with van der Waals surface area (Å²) in [5, 5.41) is 0. The van der Waals surface area contributed by atoms with Gasteiger partial charge in [-0.05, 0) is 66.7 Å². The first-order valence-corrected chi connectivity index (χ1v) is 7.85. The monoisotopic (exact) mass is 289 g/mol. The molecule has 0 amide bonds. The van der Waals surface area contributed by atoms with Crippen LogP contribution in [0.1, 0.15) is 30.4 Å². The number of fused-ring (bicyclic) bond motifs is 2. The van der Waals surface area contributed by atoms with E-state index in [0.29, 0.717) is 12.0 Å². The topological polar surface area (TPSA) is 51.3 Å². The van der Waals surface area contributed by atoms with Crippen molar-refractivity contribution in [1.82, 2.24) is 4.98 Å². The first kappa shape index (κ1) is 13.3. The molecule has 1 saturated carbocycles. The van der Waals surface area contributed by atoms with Gasteiger partial charge in [-0.25, -0.2) is 0 Å². The molecule has 2 N–H and O–H groups in total. The molecule has 2 aliphatic rings. The molecule has 3 heteroatoms. The molecule has 2 aromatic rings. The second-order valence-corrected chi connectivity index (χ2v) is 6.15. The lowest BCUT2D eigenvalue weighted by Crippen LogP contribution is -2.20. The van der Waals surface area contributed by atoms with Gasteiger partial charge in [0, 0.05) is 23.6 Å². The van der Waals surface area contributed by atoms with Gasteiger partial charge in [0.05, 0.1) is 11.8 Å². The predicted octanol–water partition coefficient (Wildman–Crippen LogP) is 3.72. The Morgan fingerprint density at radius 1 is 1.09 bits per heavy atom. The third kappa shape index (κ3) is 2.43. The van der Waals surface area contributed by atoms with Crippen molar-refractivity contribution in [2.45, 2.75) is 25.3 Å². The van der Waals surface area contributed by atoms with E-state index in [-0.39, 0.29) is 0 Å². The first-order chi connectivity index (χ1) is 10.8. The van der Waals surface area contributed by atoms with Crippen LogP contribution in [0.2, 0.25) is 0 Å². The zero-order valence-corrected chi connectivity index (χ0v) is 12.4. The molecular formula is C19H19N3. The van der Waals surface area contributed by atoms with Crippen LogP contribution in [-0.4, -0.2) is 16.7 Å². The van der Waals surface area contributed by atoms with Crippen LogP contribution < -0.4 is 5.73 Å². The smallest absolute Gasteiger partial charge is 0.0700 e. The molecule has 3 nitrogen and oxygen atoms in total. The molecule has 1 aromatic heterocycles. The average Bonchev–Trinajstić information content (AvgIpc) is 2.95. The van der Waals surface area contributed by atoms with E-state index in [0.717, 1.165) is 17.0 Å². The van der Waals surface area contributed by atoms with E-state index >= 15 is 0 Å². The number of pyridine rings is 1. The lowest BCUT2D eigenvalue weighted by molar-refractivity contribution is 0.621. The maximum Gasteiger partial charge on any atom is 0.0700 e. The molecule has 0 radical (unpaired) electrons. The van der Waals surface area contributed by atoms with E-state index in [1.807, 2.05) is 30.6 Å². The number of aliphatic imine (C=N–C) groups is 1. The van der Waals surface area contributed by atoms with E-state index in [4.69, 9.17) is 10.7 Å². The number of benzene rings is 1. The number of nitrogens with two attached hydrogens (primary N) is 1. The van der Waals surface area contributed by atoms with Crippen LogP contribution in [0.4, 0.5) is 5.69 Å². The zero-order valence-electron chi connectivity index (χ0n) is 12.4. The highest BCUT2D eigenvalue weighted by molar-refractivity contribution is 6.15. The Kier molecular flexibility index (Phi) is 3.26. The number of hydrogen-bond acceptors (Lipinski definition) is 3. The van der Waals surface area contributed by atoms with E-state index in [2.05, 4.69) is 29.3 Å². The van der Waals surface area contributed by atoms with Crippen molar-refractivity contribution in [3.63, 3.8) is 0 Å². The SMILES string of the molecule is Nc1ccc(/C=C2/C(c3cccnc3)=N[C@H]3CCC2C3)cc1. The van der Waals surface area contributed by atoms with E-state index in [1.165, 1.54) is 30.4 Å². The van der Waals surface area contributed by atoms with Gasteiger partial charge in [0.1, 0.15) is 0 Å². The van der Waals surface area contributed by atoms with Crippen LogP contribution in [0.15, 0.2) is 59.4 Å². The maximum atomic E-state index is 5.79. The molecule has 2 heterocycles. The summed E-state index contributed by atoms with van der Waals surface area (Å²) in [4.78, 5) is 9.25. The van der Waals surface area contributed by atoms with Crippen LogP contribution in [-0.2, 0) is 0 Å². The van der Waals surface area contributed by atoms with Crippen molar-refractivity contribution in [2.24, 2.45) is 10.9 Å². The molecular weight excluding hydrogens is 270 g/mol. The number of nitrogens with zero attached hydrogens (tertiary/aromatic N) is 2. The lowest BCUT2D eigenvalue weighted by Gasteiger charge is -2.23. The van der Waals surface area contributed by atoms with Crippen molar-refractivity contribution >= 4 is 17.5 Å². The van der Waals surface area contributed by atoms with Gasteiger partial charge < -0.3 is 5.73 Å². The van der Waals surface area contributed by atoms with Gasteiger partial charge >= 0.3 is 0 Å². The minimum atomic E-state index is 0.490. The standard InChI is InChI=1S/C19H19N3/c20-16-6-3-13(4-7-16)10-18-14-5-8-17(11-14)22-19(18)15-2-1-9-21-12-15/h1-4,6-7,9-10,12,14,17H,5,8,11,20H2/b18-10+/t14?,17-/m0/s1. The summed E-state index contributed by atoms with van der Waals surface area (Å²) in [6.45, 7) is 0. The number of hydrogen-bond donors (Lipinski definition) is 1. The van der Waals surface area contributed by atoms with E-state index in [1.54, 1.807) is 0 Å². The number of anilines is 1. The fourth-order valence-electron chi connectivity index (χ4n) is 3.51. The number of aromatic nitrogens is 1. The largest absolute Gasteiger partial charge is 0.399 e. The van der Waals surface area contributed by atoms with Crippen LogP contribution in [0.3, 0.4) is 0 Å². The highest BCUT2D eigenvalue weighted by Gasteiger charge is 2.34. The van der Waals surface area contributed by atoms with Gasteiger partial charge in [-0.15, -0.1) is 0 Å². The molecule has 1 aliphatic heterocycles. The average molecular weight is 289 g/mol. The quantitative estimate of drug-likeness (QED) is 0.857. The third-order valence-electron chi connectivity index (χ3n) is 4.62. The first-order valence-electron chi connectivity index (χ1n) is 7.85. The normalized spacial score (nSPS) is 25.3. The molecule has 110 valence electrons. The van der Waals surface area contributed by atoms with Crippen LogP contribution in [0, 0.1) is 5.92 Å². The number of allylic oxidation sites excluding steroid dienone is 1. The van der Waals surface area contributed by atoms with Crippen LogP contribution in [0.25, 0.3) is 6.08 Å². The summed E-state index contributed by atoms with van der Waals surface area (Å²) in [5.41, 5.74) is 11.4. The molecule has 2 atom stereocenters. The van der Waals surface area contributed by atoms with E-state index < -0.39 is 0 Å². The summed E-state index contributed by atoms with van der Waals surface area (Å²) in [5.74, 6) is 0.621. The Bertz CT molecular complexity index is 729. The van der Waals surface area contributed by atoms with Gasteiger partial charge in [0.2, 0.25) is 0 Å². The van der Waals surface area contributed by atoms with Crippen molar-refractivity contribution in [1.29, 1.82) is 0 Å². The van der Waals surface area contributed by atoms with Gasteiger partial charge in [0.15, 0.2) is 0 Å². The summed E-state index contributed by atoms with van der Waals surface area (Å²) in [7, 11) is 0. The Labute approximate surface area is 130 Å². The third-order valence-corrected chi connectivity index (χ3v) is 4.62. The minimum Gasteiger partial charge on any atom is -0.399 e. The zero-order chi connectivity index (χ0) is 14.9. The van der Waals surface area contributed by atoms with Gasteiger partial charge in [0.25, 0.3) is 0 Å². The summed E-state index contributed by atoms with van der Waals surface area (Å²) < 4.78 is 0. The highest BCUT2D eigenvalue weighted by Crippen LogP contribution is 2.40. The van der Waals surface area contributed by atoms with Gasteiger partial charge in [-0.1, -0.05) is 12.1 Å². The van der Waals surface area contributed by atoms with Crippen LogP contribution >= 0.6 is 0 Å². The van der Waals surface area contributed by atoms with E-state index in [9.17, 15) is 0 Å². The minimum absolute atomic E-state index is 0.490. The lowest BCUT2D eigenvalue weighted by atomic mass is 9.87. The highest BCUT2D eigenvalue weighted by atomic mass is 14.8. The Morgan fingerprint density at radius 3 is 2.73 bits per heavy atom. The molecule has 1 aromatic carbocycles. The Morgan fingerprint density at radius 2 is 1.95 bits per heavy atom. The Hall–Kier alpha value is -2.42. The molecule has 2 bridgehead atoms. The molecule has 22 heavy (non-hydrogen) atoms. The second kappa shape index (κ2) is 5.41. The van der Waals surface area contributed by atoms with Gasteiger partial charge in [-0.3, -0.25) is 9.98 Å². The maximum absolute atomic E-state index is 5.79. The fraction of sp³-hybridized carbons (Fsp3) is 0.263. The Balaban J connectivity index is 1.79. The van der Waals surface area contributed by atoms with Crippen molar-refractivity contribution in [3.05, 3.63) is 65.5 Å². The summed E-state index contributed by atoms with van der Waals surface area (Å²) >= 11 is 0. The molecule has 4 rings (SSSR count). The summed E-state index contributed by atoms with van der Waals surface area (Å²) in [6, 6.07) is 12.6. The van der Waals surface area contributed by atoms with Crippen molar-refractivity contribution in [3.8, 4) is 0 Å². The van der Waals surface area contributed by atoms with Gasteiger partial charge in [-0.2, -0.15) is 0 Å². The molecule has 1 unspecified atom stereocenters.